The van der Waals surface area contributed by atoms with Crippen LogP contribution in [0.4, 0.5) is 5.69 Å². The fourth-order valence-corrected chi connectivity index (χ4v) is 2.89. The fraction of sp³-hybridized carbons (Fsp3) is 0.0870. The van der Waals surface area contributed by atoms with Gasteiger partial charge >= 0.3 is 5.97 Å². The molecule has 1 amide bonds. The maximum absolute atomic E-state index is 12.3. The summed E-state index contributed by atoms with van der Waals surface area (Å²) >= 11 is 3.38. The number of carbonyl (C=O) groups is 2. The summed E-state index contributed by atoms with van der Waals surface area (Å²) < 4.78 is 6.27. The van der Waals surface area contributed by atoms with Crippen LogP contribution in [0.15, 0.2) is 82.4 Å². The molecule has 3 rings (SSSR count). The van der Waals surface area contributed by atoms with Crippen molar-refractivity contribution < 1.29 is 14.3 Å². The molecule has 6 nitrogen and oxygen atoms in total. The Morgan fingerprint density at radius 2 is 1.77 bits per heavy atom. The first-order valence-corrected chi connectivity index (χ1v) is 10.00. The largest absolute Gasteiger partial charge is 0.422 e. The van der Waals surface area contributed by atoms with Gasteiger partial charge in [-0.2, -0.15) is 5.10 Å². The SMILES string of the molecule is Cc1ccc(NCC(=O)NN=Cc2cc(Br)ccc2OC(=O)c2ccccc2)cc1. The Labute approximate surface area is 183 Å². The van der Waals surface area contributed by atoms with Crippen LogP contribution in [0.2, 0.25) is 0 Å². The van der Waals surface area contributed by atoms with Crippen LogP contribution in [0.5, 0.6) is 5.75 Å². The summed E-state index contributed by atoms with van der Waals surface area (Å²) in [6.07, 6.45) is 1.43. The Bertz CT molecular complexity index is 1050. The molecule has 3 aromatic carbocycles. The van der Waals surface area contributed by atoms with E-state index in [0.717, 1.165) is 15.7 Å². The van der Waals surface area contributed by atoms with Gasteiger partial charge in [-0.3, -0.25) is 4.79 Å². The van der Waals surface area contributed by atoms with E-state index in [9.17, 15) is 9.59 Å². The van der Waals surface area contributed by atoms with Crippen LogP contribution in [0.1, 0.15) is 21.5 Å². The molecule has 0 aliphatic heterocycles. The van der Waals surface area contributed by atoms with Crippen molar-refractivity contribution in [3.8, 4) is 5.75 Å². The highest BCUT2D eigenvalue weighted by atomic mass is 79.9. The molecular weight excluding hydrogens is 446 g/mol. The van der Waals surface area contributed by atoms with Gasteiger partial charge in [0.15, 0.2) is 0 Å². The van der Waals surface area contributed by atoms with Gasteiger partial charge in [-0.1, -0.05) is 51.8 Å². The molecular formula is C23H20BrN3O3. The van der Waals surface area contributed by atoms with Crippen molar-refractivity contribution in [3.05, 3.63) is 94.0 Å². The Hall–Kier alpha value is -3.45. The number of benzene rings is 3. The van der Waals surface area contributed by atoms with Crippen LogP contribution < -0.4 is 15.5 Å². The topological polar surface area (TPSA) is 79.8 Å². The van der Waals surface area contributed by atoms with Gasteiger partial charge in [-0.25, -0.2) is 10.2 Å². The van der Waals surface area contributed by atoms with Crippen molar-refractivity contribution in [3.63, 3.8) is 0 Å². The predicted octanol–water partition coefficient (Wildman–Crippen LogP) is 4.54. The van der Waals surface area contributed by atoms with Gasteiger partial charge in [-0.15, -0.1) is 0 Å². The predicted molar refractivity (Wildman–Crippen MR) is 121 cm³/mol. The smallest absolute Gasteiger partial charge is 0.343 e. The minimum absolute atomic E-state index is 0.0781. The highest BCUT2D eigenvalue weighted by Crippen LogP contribution is 2.23. The number of esters is 1. The quantitative estimate of drug-likeness (QED) is 0.232. The Morgan fingerprint density at radius 1 is 1.03 bits per heavy atom. The number of rotatable bonds is 7. The normalized spacial score (nSPS) is 10.6. The molecule has 0 atom stereocenters. The lowest BCUT2D eigenvalue weighted by atomic mass is 10.2. The maximum Gasteiger partial charge on any atom is 0.343 e. The molecule has 0 bridgehead atoms. The van der Waals surface area contributed by atoms with Crippen molar-refractivity contribution >= 4 is 39.7 Å². The molecule has 0 fully saturated rings. The molecule has 0 radical (unpaired) electrons. The number of hydrazone groups is 1. The Morgan fingerprint density at radius 3 is 2.50 bits per heavy atom. The summed E-state index contributed by atoms with van der Waals surface area (Å²) in [5.74, 6) is -0.439. The molecule has 0 saturated carbocycles. The summed E-state index contributed by atoms with van der Waals surface area (Å²) in [6, 6.07) is 21.6. The first kappa shape index (κ1) is 21.3. The van der Waals surface area contributed by atoms with E-state index in [-0.39, 0.29) is 12.5 Å². The summed E-state index contributed by atoms with van der Waals surface area (Å²) in [6.45, 7) is 2.08. The number of nitrogens with one attached hydrogen (secondary N) is 2. The Kier molecular flexibility index (Phi) is 7.34. The molecule has 30 heavy (non-hydrogen) atoms. The van der Waals surface area contributed by atoms with Crippen LogP contribution in [0.25, 0.3) is 0 Å². The second kappa shape index (κ2) is 10.4. The van der Waals surface area contributed by atoms with Crippen LogP contribution in [0.3, 0.4) is 0 Å². The molecule has 0 saturated heterocycles. The summed E-state index contributed by atoms with van der Waals surface area (Å²) in [5, 5.41) is 7.00. The van der Waals surface area contributed by atoms with E-state index >= 15 is 0 Å². The van der Waals surface area contributed by atoms with Gasteiger partial charge in [0.2, 0.25) is 0 Å². The zero-order valence-corrected chi connectivity index (χ0v) is 17.8. The number of amides is 1. The number of aryl methyl sites for hydroxylation is 1. The third-order valence-electron chi connectivity index (χ3n) is 4.08. The third kappa shape index (κ3) is 6.28. The highest BCUT2D eigenvalue weighted by Gasteiger charge is 2.11. The average Bonchev–Trinajstić information content (AvgIpc) is 2.75. The zero-order valence-electron chi connectivity index (χ0n) is 16.3. The van der Waals surface area contributed by atoms with E-state index in [4.69, 9.17) is 4.74 Å². The number of anilines is 1. The number of halogens is 1. The molecule has 0 unspecified atom stereocenters. The molecule has 0 heterocycles. The summed E-state index contributed by atoms with van der Waals surface area (Å²) in [4.78, 5) is 24.3. The number of nitrogens with zero attached hydrogens (tertiary/aromatic N) is 1. The lowest BCUT2D eigenvalue weighted by molar-refractivity contribution is -0.119. The number of hydrogen-bond donors (Lipinski definition) is 2. The summed E-state index contributed by atoms with van der Waals surface area (Å²) in [5.41, 5.74) is 5.44. The molecule has 0 aliphatic carbocycles. The second-order valence-electron chi connectivity index (χ2n) is 6.45. The van der Waals surface area contributed by atoms with Crippen molar-refractivity contribution in [2.24, 2.45) is 5.10 Å². The van der Waals surface area contributed by atoms with E-state index in [1.165, 1.54) is 6.21 Å². The maximum atomic E-state index is 12.3. The number of carbonyl (C=O) groups excluding carboxylic acids is 2. The molecule has 2 N–H and O–H groups in total. The molecule has 0 spiro atoms. The first-order chi connectivity index (χ1) is 14.5. The lowest BCUT2D eigenvalue weighted by Crippen LogP contribution is -2.25. The standard InChI is InChI=1S/C23H20BrN3O3/c1-16-7-10-20(11-8-16)25-15-22(28)27-26-14-18-13-19(24)9-12-21(18)30-23(29)17-5-3-2-4-6-17/h2-14,25H,15H2,1H3,(H,27,28). The van der Waals surface area contributed by atoms with Gasteiger partial charge in [0, 0.05) is 15.7 Å². The van der Waals surface area contributed by atoms with E-state index in [1.54, 1.807) is 42.5 Å². The molecule has 0 aliphatic rings. The van der Waals surface area contributed by atoms with Gasteiger partial charge in [0.05, 0.1) is 18.3 Å². The third-order valence-corrected chi connectivity index (χ3v) is 4.57. The number of hydrogen-bond acceptors (Lipinski definition) is 5. The minimum Gasteiger partial charge on any atom is -0.422 e. The molecule has 3 aromatic rings. The zero-order chi connectivity index (χ0) is 21.3. The van der Waals surface area contributed by atoms with Gasteiger partial charge in [-0.05, 0) is 49.4 Å². The van der Waals surface area contributed by atoms with Crippen molar-refractivity contribution in [2.45, 2.75) is 6.92 Å². The van der Waals surface area contributed by atoms with Gasteiger partial charge in [0.1, 0.15) is 5.75 Å². The van der Waals surface area contributed by atoms with E-state index < -0.39 is 5.97 Å². The summed E-state index contributed by atoms with van der Waals surface area (Å²) in [7, 11) is 0. The first-order valence-electron chi connectivity index (χ1n) is 9.20. The van der Waals surface area contributed by atoms with Crippen molar-refractivity contribution in [1.82, 2.24) is 5.43 Å². The molecule has 7 heteroatoms. The van der Waals surface area contributed by atoms with Crippen LogP contribution in [-0.2, 0) is 4.79 Å². The van der Waals surface area contributed by atoms with E-state index in [1.807, 2.05) is 37.3 Å². The highest BCUT2D eigenvalue weighted by molar-refractivity contribution is 9.10. The molecule has 152 valence electrons. The van der Waals surface area contributed by atoms with E-state index in [0.29, 0.717) is 16.9 Å². The Balaban J connectivity index is 1.60. The fourth-order valence-electron chi connectivity index (χ4n) is 2.51. The van der Waals surface area contributed by atoms with Crippen molar-refractivity contribution in [1.29, 1.82) is 0 Å². The minimum atomic E-state index is -0.473. The average molecular weight is 466 g/mol. The van der Waals surface area contributed by atoms with Crippen LogP contribution >= 0.6 is 15.9 Å². The van der Waals surface area contributed by atoms with Crippen LogP contribution in [-0.4, -0.2) is 24.6 Å². The van der Waals surface area contributed by atoms with Gasteiger partial charge in [0.25, 0.3) is 5.91 Å². The number of ether oxygens (including phenoxy) is 1. The van der Waals surface area contributed by atoms with Crippen molar-refractivity contribution in [2.75, 3.05) is 11.9 Å². The van der Waals surface area contributed by atoms with Gasteiger partial charge < -0.3 is 10.1 Å². The van der Waals surface area contributed by atoms with Crippen LogP contribution in [0, 0.1) is 6.92 Å². The second-order valence-corrected chi connectivity index (χ2v) is 7.37. The monoisotopic (exact) mass is 465 g/mol. The lowest BCUT2D eigenvalue weighted by Gasteiger charge is -2.08. The molecule has 0 aromatic heterocycles. The van der Waals surface area contributed by atoms with E-state index in [2.05, 4.69) is 31.8 Å².